The Hall–Kier alpha value is -1.91. The van der Waals surface area contributed by atoms with E-state index in [0.29, 0.717) is 35.2 Å². The Bertz CT molecular complexity index is 522. The predicted octanol–water partition coefficient (Wildman–Crippen LogP) is 3.30. The van der Waals surface area contributed by atoms with Crippen LogP contribution in [0.2, 0.25) is 0 Å². The van der Waals surface area contributed by atoms with Crippen molar-refractivity contribution in [3.05, 3.63) is 12.1 Å². The first-order valence-corrected chi connectivity index (χ1v) is 7.71. The number of nitrogen functional groups attached to an aromatic ring is 1. The first kappa shape index (κ1) is 14.0. The minimum absolute atomic E-state index is 0.0347. The van der Waals surface area contributed by atoms with Crippen molar-refractivity contribution in [2.75, 3.05) is 17.8 Å². The number of amides is 1. The lowest BCUT2D eigenvalue weighted by Gasteiger charge is -2.14. The zero-order valence-corrected chi connectivity index (χ0v) is 12.2. The molecule has 0 radical (unpaired) electrons. The van der Waals surface area contributed by atoms with Crippen LogP contribution in [-0.4, -0.2) is 12.7 Å². The largest absolute Gasteiger partial charge is 0.454 e. The summed E-state index contributed by atoms with van der Waals surface area (Å²) in [4.78, 5) is 12.2. The van der Waals surface area contributed by atoms with Crippen molar-refractivity contribution in [1.82, 2.24) is 0 Å². The van der Waals surface area contributed by atoms with Crippen LogP contribution in [0.1, 0.15) is 44.9 Å². The molecule has 1 aliphatic heterocycles. The van der Waals surface area contributed by atoms with Crippen molar-refractivity contribution < 1.29 is 14.3 Å². The van der Waals surface area contributed by atoms with Gasteiger partial charge < -0.3 is 20.5 Å². The highest BCUT2D eigenvalue weighted by molar-refractivity contribution is 5.94. The van der Waals surface area contributed by atoms with Crippen LogP contribution in [0.25, 0.3) is 0 Å². The van der Waals surface area contributed by atoms with Gasteiger partial charge in [-0.25, -0.2) is 0 Å². The molecule has 5 heteroatoms. The van der Waals surface area contributed by atoms with E-state index < -0.39 is 0 Å². The molecule has 1 aliphatic carbocycles. The van der Waals surface area contributed by atoms with Gasteiger partial charge in [0, 0.05) is 18.6 Å². The molecule has 0 aromatic heterocycles. The lowest BCUT2D eigenvalue weighted by atomic mass is 9.96. The molecule has 21 heavy (non-hydrogen) atoms. The van der Waals surface area contributed by atoms with Gasteiger partial charge in [0.2, 0.25) is 12.7 Å². The molecule has 0 unspecified atom stereocenters. The number of benzene rings is 1. The average Bonchev–Trinajstić information content (AvgIpc) is 2.74. The number of nitrogens with one attached hydrogen (secondary N) is 1. The second kappa shape index (κ2) is 6.24. The van der Waals surface area contributed by atoms with Crippen molar-refractivity contribution >= 4 is 17.3 Å². The van der Waals surface area contributed by atoms with Crippen LogP contribution < -0.4 is 20.5 Å². The monoisotopic (exact) mass is 290 g/mol. The molecule has 0 bridgehead atoms. The molecule has 3 rings (SSSR count). The lowest BCUT2D eigenvalue weighted by molar-refractivity contribution is -0.117. The Morgan fingerprint density at radius 1 is 1.14 bits per heavy atom. The number of fused-ring (bicyclic) bond motifs is 1. The number of hydrogen-bond acceptors (Lipinski definition) is 4. The fourth-order valence-electron chi connectivity index (χ4n) is 3.10. The van der Waals surface area contributed by atoms with Gasteiger partial charge in [-0.1, -0.05) is 25.7 Å². The van der Waals surface area contributed by atoms with Crippen molar-refractivity contribution in [2.24, 2.45) is 5.92 Å². The Balaban J connectivity index is 1.62. The lowest BCUT2D eigenvalue weighted by Crippen LogP contribution is -2.17. The van der Waals surface area contributed by atoms with Gasteiger partial charge >= 0.3 is 0 Å². The molecule has 2 aliphatic rings. The molecule has 3 N–H and O–H groups in total. The van der Waals surface area contributed by atoms with E-state index in [0.717, 1.165) is 12.8 Å². The van der Waals surface area contributed by atoms with E-state index in [9.17, 15) is 4.79 Å². The number of carbonyl (C=O) groups is 1. The first-order valence-electron chi connectivity index (χ1n) is 7.71. The number of hydrogen-bond donors (Lipinski definition) is 2. The summed E-state index contributed by atoms with van der Waals surface area (Å²) in [5.74, 6) is 1.80. The fraction of sp³-hybridized carbons (Fsp3) is 0.562. The second-order valence-corrected chi connectivity index (χ2v) is 5.90. The minimum Gasteiger partial charge on any atom is -0.454 e. The number of ether oxygens (including phenoxy) is 2. The smallest absolute Gasteiger partial charge is 0.231 e. The predicted molar refractivity (Wildman–Crippen MR) is 81.4 cm³/mol. The Morgan fingerprint density at radius 2 is 1.81 bits per heavy atom. The fourth-order valence-corrected chi connectivity index (χ4v) is 3.10. The standard InChI is InChI=1S/C16H22N2O3/c17-12-8-14-15(21-10-20-14)9-13(12)18-16(19)7-11-5-3-1-2-4-6-11/h8-9,11H,1-7,10,17H2,(H,18,19). The van der Waals surface area contributed by atoms with E-state index >= 15 is 0 Å². The molecular formula is C16H22N2O3. The topological polar surface area (TPSA) is 73.6 Å². The van der Waals surface area contributed by atoms with Gasteiger partial charge in [0.05, 0.1) is 11.4 Å². The molecule has 1 amide bonds. The Morgan fingerprint density at radius 3 is 2.52 bits per heavy atom. The van der Waals surface area contributed by atoms with Gasteiger partial charge in [-0.05, 0) is 18.8 Å². The van der Waals surface area contributed by atoms with Crippen molar-refractivity contribution in [3.63, 3.8) is 0 Å². The molecule has 1 fully saturated rings. The number of nitrogens with two attached hydrogens (primary N) is 1. The highest BCUT2D eigenvalue weighted by Crippen LogP contribution is 2.38. The summed E-state index contributed by atoms with van der Waals surface area (Å²) in [6, 6.07) is 3.44. The zero-order valence-electron chi connectivity index (χ0n) is 12.2. The molecule has 0 spiro atoms. The van der Waals surface area contributed by atoms with Gasteiger partial charge in [-0.15, -0.1) is 0 Å². The van der Waals surface area contributed by atoms with Crippen molar-refractivity contribution in [3.8, 4) is 11.5 Å². The highest BCUT2D eigenvalue weighted by atomic mass is 16.7. The third-order valence-corrected chi connectivity index (χ3v) is 4.27. The van der Waals surface area contributed by atoms with Crippen LogP contribution in [0.15, 0.2) is 12.1 Å². The SMILES string of the molecule is Nc1cc2c(cc1NC(=O)CC1CCCCCC1)OCO2. The summed E-state index contributed by atoms with van der Waals surface area (Å²) in [5, 5.41) is 2.91. The minimum atomic E-state index is 0.0347. The van der Waals surface area contributed by atoms with Crippen LogP contribution in [0.3, 0.4) is 0 Å². The first-order chi connectivity index (χ1) is 10.2. The van der Waals surface area contributed by atoms with Crippen LogP contribution in [0.4, 0.5) is 11.4 Å². The highest BCUT2D eigenvalue weighted by Gasteiger charge is 2.19. The Labute approximate surface area is 124 Å². The number of carbonyl (C=O) groups excluding carboxylic acids is 1. The average molecular weight is 290 g/mol. The summed E-state index contributed by atoms with van der Waals surface area (Å²) >= 11 is 0. The van der Waals surface area contributed by atoms with Gasteiger partial charge in [-0.3, -0.25) is 4.79 Å². The quantitative estimate of drug-likeness (QED) is 0.661. The number of rotatable bonds is 3. The van der Waals surface area contributed by atoms with Gasteiger partial charge in [0.1, 0.15) is 0 Å². The Kier molecular flexibility index (Phi) is 4.18. The molecular weight excluding hydrogens is 268 g/mol. The maximum Gasteiger partial charge on any atom is 0.231 e. The molecule has 1 saturated carbocycles. The molecule has 1 aromatic rings. The second-order valence-electron chi connectivity index (χ2n) is 5.90. The summed E-state index contributed by atoms with van der Waals surface area (Å²) in [5.41, 5.74) is 7.07. The number of anilines is 2. The van der Waals surface area contributed by atoms with Crippen LogP contribution >= 0.6 is 0 Å². The summed E-state index contributed by atoms with van der Waals surface area (Å²) < 4.78 is 10.6. The van der Waals surface area contributed by atoms with E-state index in [1.54, 1.807) is 12.1 Å². The van der Waals surface area contributed by atoms with E-state index in [4.69, 9.17) is 15.2 Å². The van der Waals surface area contributed by atoms with Crippen molar-refractivity contribution in [1.29, 1.82) is 0 Å². The third-order valence-electron chi connectivity index (χ3n) is 4.27. The summed E-state index contributed by atoms with van der Waals surface area (Å²) in [6.07, 6.45) is 7.97. The van der Waals surface area contributed by atoms with Gasteiger partial charge in [0.15, 0.2) is 11.5 Å². The van der Waals surface area contributed by atoms with Crippen molar-refractivity contribution in [2.45, 2.75) is 44.9 Å². The van der Waals surface area contributed by atoms with Crippen LogP contribution in [0, 0.1) is 5.92 Å². The zero-order chi connectivity index (χ0) is 14.7. The molecule has 1 aromatic carbocycles. The van der Waals surface area contributed by atoms with Gasteiger partial charge in [0.25, 0.3) is 0 Å². The third kappa shape index (κ3) is 3.40. The maximum absolute atomic E-state index is 12.2. The van der Waals surface area contributed by atoms with Crippen LogP contribution in [0.5, 0.6) is 11.5 Å². The van der Waals surface area contributed by atoms with E-state index in [2.05, 4.69) is 5.32 Å². The van der Waals surface area contributed by atoms with Gasteiger partial charge in [-0.2, -0.15) is 0 Å². The summed E-state index contributed by atoms with van der Waals surface area (Å²) in [7, 11) is 0. The molecule has 114 valence electrons. The van der Waals surface area contributed by atoms with E-state index in [1.807, 2.05) is 0 Å². The summed E-state index contributed by atoms with van der Waals surface area (Å²) in [6.45, 7) is 0.203. The van der Waals surface area contributed by atoms with E-state index in [1.165, 1.54) is 25.7 Å². The molecule has 1 heterocycles. The molecule has 0 atom stereocenters. The molecule has 0 saturated heterocycles. The van der Waals surface area contributed by atoms with E-state index in [-0.39, 0.29) is 12.7 Å². The molecule has 5 nitrogen and oxygen atoms in total. The van der Waals surface area contributed by atoms with Crippen LogP contribution in [-0.2, 0) is 4.79 Å². The normalized spacial score (nSPS) is 18.3. The maximum atomic E-state index is 12.2.